The van der Waals surface area contributed by atoms with Crippen LogP contribution in [0.1, 0.15) is 46.5 Å². The Morgan fingerprint density at radius 3 is 2.25 bits per heavy atom. The molecule has 2 aliphatic rings. The molecule has 2 rings (SSSR count). The molecule has 2 heteroatoms. The van der Waals surface area contributed by atoms with Crippen molar-refractivity contribution in [2.45, 2.75) is 71.7 Å². The molecule has 0 aliphatic heterocycles. The Balaban J connectivity index is 1.95. The van der Waals surface area contributed by atoms with E-state index in [9.17, 15) is 0 Å². The highest BCUT2D eigenvalue weighted by Crippen LogP contribution is 2.60. The number of hydrogen-bond acceptors (Lipinski definition) is 1. The summed E-state index contributed by atoms with van der Waals surface area (Å²) in [6, 6.07) is 0. The van der Waals surface area contributed by atoms with Gasteiger partial charge in [0.25, 0.3) is 0 Å². The SMILES string of the molecule is CC(C)(C)C1CCC2(O[Si](C)(C)C)CC2C1. The fourth-order valence-electron chi connectivity index (χ4n) is 3.41. The Bertz CT molecular complexity index is 273. The van der Waals surface area contributed by atoms with Gasteiger partial charge in [-0.2, -0.15) is 0 Å². The van der Waals surface area contributed by atoms with E-state index >= 15 is 0 Å². The van der Waals surface area contributed by atoms with Crippen molar-refractivity contribution in [3.05, 3.63) is 0 Å². The Morgan fingerprint density at radius 2 is 1.81 bits per heavy atom. The lowest BCUT2D eigenvalue weighted by atomic mass is 9.72. The van der Waals surface area contributed by atoms with Gasteiger partial charge in [0.2, 0.25) is 0 Å². The predicted octanol–water partition coefficient (Wildman–Crippen LogP) is 4.44. The quantitative estimate of drug-likeness (QED) is 0.648. The van der Waals surface area contributed by atoms with Crippen LogP contribution >= 0.6 is 0 Å². The Morgan fingerprint density at radius 1 is 1.19 bits per heavy atom. The van der Waals surface area contributed by atoms with Crippen LogP contribution in [0.15, 0.2) is 0 Å². The maximum absolute atomic E-state index is 6.44. The molecular weight excluding hydrogens is 212 g/mol. The first-order valence-corrected chi connectivity index (χ1v) is 10.2. The van der Waals surface area contributed by atoms with Crippen LogP contribution in [0.25, 0.3) is 0 Å². The molecule has 2 fully saturated rings. The predicted molar refractivity (Wildman–Crippen MR) is 72.1 cm³/mol. The zero-order chi connectivity index (χ0) is 12.2. The molecule has 2 saturated carbocycles. The van der Waals surface area contributed by atoms with Gasteiger partial charge in [-0.15, -0.1) is 0 Å². The van der Waals surface area contributed by atoms with Gasteiger partial charge in [-0.25, -0.2) is 0 Å². The lowest BCUT2D eigenvalue weighted by Gasteiger charge is -2.38. The van der Waals surface area contributed by atoms with Gasteiger partial charge in [-0.05, 0) is 62.6 Å². The van der Waals surface area contributed by atoms with Crippen molar-refractivity contribution in [2.24, 2.45) is 17.3 Å². The monoisotopic (exact) mass is 240 g/mol. The summed E-state index contributed by atoms with van der Waals surface area (Å²) < 4.78 is 6.44. The average molecular weight is 240 g/mol. The molecule has 0 aromatic heterocycles. The third kappa shape index (κ3) is 2.53. The fraction of sp³-hybridized carbons (Fsp3) is 1.00. The molecule has 0 amide bonds. The molecular formula is C14H28OSi. The van der Waals surface area contributed by atoms with Gasteiger partial charge >= 0.3 is 0 Å². The Hall–Kier alpha value is 0.177. The van der Waals surface area contributed by atoms with E-state index in [1.165, 1.54) is 25.7 Å². The first-order chi connectivity index (χ1) is 7.12. The van der Waals surface area contributed by atoms with Gasteiger partial charge in [0.05, 0.1) is 5.60 Å². The van der Waals surface area contributed by atoms with E-state index in [0.717, 1.165) is 11.8 Å². The summed E-state index contributed by atoms with van der Waals surface area (Å²) >= 11 is 0. The molecule has 0 aromatic rings. The summed E-state index contributed by atoms with van der Waals surface area (Å²) in [5.74, 6) is 1.80. The molecule has 0 bridgehead atoms. The van der Waals surface area contributed by atoms with Gasteiger partial charge in [0.1, 0.15) is 0 Å². The van der Waals surface area contributed by atoms with E-state index < -0.39 is 8.32 Å². The minimum absolute atomic E-state index is 0.340. The molecule has 0 N–H and O–H groups in total. The van der Waals surface area contributed by atoms with E-state index in [2.05, 4.69) is 40.4 Å². The van der Waals surface area contributed by atoms with Crippen LogP contribution in [0.5, 0.6) is 0 Å². The van der Waals surface area contributed by atoms with Gasteiger partial charge in [-0.3, -0.25) is 0 Å². The minimum Gasteiger partial charge on any atom is -0.412 e. The molecule has 1 nitrogen and oxygen atoms in total. The minimum atomic E-state index is -1.34. The molecule has 0 radical (unpaired) electrons. The van der Waals surface area contributed by atoms with Crippen molar-refractivity contribution < 1.29 is 4.43 Å². The van der Waals surface area contributed by atoms with Crippen molar-refractivity contribution in [3.8, 4) is 0 Å². The summed E-state index contributed by atoms with van der Waals surface area (Å²) in [6.45, 7) is 14.2. The molecule has 16 heavy (non-hydrogen) atoms. The Labute approximate surface area is 102 Å². The molecule has 0 saturated heterocycles. The molecule has 0 heterocycles. The summed E-state index contributed by atoms with van der Waals surface area (Å²) in [5, 5.41) is 0. The van der Waals surface area contributed by atoms with E-state index in [-0.39, 0.29) is 0 Å². The average Bonchev–Trinajstić information content (AvgIpc) is 2.70. The summed E-state index contributed by atoms with van der Waals surface area (Å²) in [4.78, 5) is 0. The first-order valence-electron chi connectivity index (χ1n) is 6.83. The second-order valence-electron chi connectivity index (χ2n) is 8.02. The third-order valence-corrected chi connectivity index (χ3v) is 5.41. The Kier molecular flexibility index (Phi) is 2.83. The van der Waals surface area contributed by atoms with Crippen molar-refractivity contribution in [1.29, 1.82) is 0 Å². The molecule has 0 spiro atoms. The highest BCUT2D eigenvalue weighted by molar-refractivity contribution is 6.69. The zero-order valence-corrected chi connectivity index (χ0v) is 12.9. The van der Waals surface area contributed by atoms with Gasteiger partial charge in [0.15, 0.2) is 8.32 Å². The lowest BCUT2D eigenvalue weighted by molar-refractivity contribution is 0.0699. The molecule has 2 aliphatic carbocycles. The van der Waals surface area contributed by atoms with Crippen molar-refractivity contribution in [2.75, 3.05) is 0 Å². The third-order valence-electron chi connectivity index (χ3n) is 4.40. The van der Waals surface area contributed by atoms with Crippen LogP contribution in [0.3, 0.4) is 0 Å². The molecule has 3 unspecified atom stereocenters. The van der Waals surface area contributed by atoms with Gasteiger partial charge < -0.3 is 4.43 Å². The first kappa shape index (κ1) is 12.6. The zero-order valence-electron chi connectivity index (χ0n) is 11.9. The summed E-state index contributed by atoms with van der Waals surface area (Å²) in [5.41, 5.74) is 0.833. The van der Waals surface area contributed by atoms with Crippen LogP contribution in [-0.4, -0.2) is 13.9 Å². The molecule has 0 aromatic carbocycles. The normalized spacial score (nSPS) is 39.4. The van der Waals surface area contributed by atoms with Gasteiger partial charge in [0, 0.05) is 0 Å². The van der Waals surface area contributed by atoms with E-state index in [1.54, 1.807) is 0 Å². The van der Waals surface area contributed by atoms with Crippen LogP contribution in [-0.2, 0) is 4.43 Å². The molecule has 94 valence electrons. The van der Waals surface area contributed by atoms with E-state index in [1.807, 2.05) is 0 Å². The second-order valence-corrected chi connectivity index (χ2v) is 12.4. The van der Waals surface area contributed by atoms with Crippen LogP contribution in [0, 0.1) is 17.3 Å². The maximum atomic E-state index is 6.44. The van der Waals surface area contributed by atoms with Crippen molar-refractivity contribution >= 4 is 8.32 Å². The lowest BCUT2D eigenvalue weighted by Crippen LogP contribution is -2.38. The number of rotatable bonds is 2. The highest BCUT2D eigenvalue weighted by Gasteiger charge is 2.59. The highest BCUT2D eigenvalue weighted by atomic mass is 28.4. The second kappa shape index (κ2) is 3.58. The van der Waals surface area contributed by atoms with Crippen molar-refractivity contribution in [3.63, 3.8) is 0 Å². The number of fused-ring (bicyclic) bond motifs is 1. The topological polar surface area (TPSA) is 9.23 Å². The summed E-state index contributed by atoms with van der Waals surface area (Å²) in [7, 11) is -1.34. The van der Waals surface area contributed by atoms with Crippen LogP contribution in [0.2, 0.25) is 19.6 Å². The standard InChI is InChI=1S/C14H28OSi/c1-13(2,3)11-7-8-14(10-12(14)9-11)15-16(4,5)6/h11-12H,7-10H2,1-6H3. The largest absolute Gasteiger partial charge is 0.412 e. The van der Waals surface area contributed by atoms with Crippen LogP contribution in [0.4, 0.5) is 0 Å². The van der Waals surface area contributed by atoms with E-state index in [0.29, 0.717) is 11.0 Å². The fourth-order valence-corrected chi connectivity index (χ4v) is 4.99. The van der Waals surface area contributed by atoms with E-state index in [4.69, 9.17) is 4.43 Å². The van der Waals surface area contributed by atoms with Crippen LogP contribution < -0.4 is 0 Å². The summed E-state index contributed by atoms with van der Waals surface area (Å²) in [6.07, 6.45) is 5.46. The smallest absolute Gasteiger partial charge is 0.184 e. The van der Waals surface area contributed by atoms with Gasteiger partial charge in [-0.1, -0.05) is 20.8 Å². The maximum Gasteiger partial charge on any atom is 0.184 e. The van der Waals surface area contributed by atoms with Crippen molar-refractivity contribution in [1.82, 2.24) is 0 Å². The number of hydrogen-bond donors (Lipinski definition) is 0. The molecule has 3 atom stereocenters.